The summed E-state index contributed by atoms with van der Waals surface area (Å²) in [5, 5.41) is 2.22. The fraction of sp³-hybridized carbons (Fsp3) is 0.500. The quantitative estimate of drug-likeness (QED) is 0.397. The van der Waals surface area contributed by atoms with E-state index in [2.05, 4.69) is 31.1 Å². The minimum absolute atomic E-state index is 0.164. The van der Waals surface area contributed by atoms with Crippen molar-refractivity contribution < 1.29 is 9.53 Å². The molecule has 25 heavy (non-hydrogen) atoms. The lowest BCUT2D eigenvalue weighted by atomic mass is 9.86. The van der Waals surface area contributed by atoms with Crippen molar-refractivity contribution in [2.24, 2.45) is 5.92 Å². The van der Waals surface area contributed by atoms with E-state index in [0.29, 0.717) is 12.2 Å². The van der Waals surface area contributed by atoms with Crippen molar-refractivity contribution in [3.63, 3.8) is 0 Å². The second-order valence-corrected chi connectivity index (χ2v) is 7.83. The monoisotopic (exact) mass is 354 g/mol. The van der Waals surface area contributed by atoms with Crippen LogP contribution in [-0.2, 0) is 22.4 Å². The number of allylic oxidation sites excluding steroid dienone is 2. The number of hydrogen-bond donors (Lipinski definition) is 0. The predicted molar refractivity (Wildman–Crippen MR) is 104 cm³/mol. The third-order valence-corrected chi connectivity index (χ3v) is 5.83. The molecule has 2 nitrogen and oxygen atoms in total. The summed E-state index contributed by atoms with van der Waals surface area (Å²) in [7, 11) is 0. The summed E-state index contributed by atoms with van der Waals surface area (Å²) in [5.74, 6) is 5.37. The average molecular weight is 355 g/mol. The Labute approximate surface area is 155 Å². The van der Waals surface area contributed by atoms with Crippen molar-refractivity contribution >= 4 is 17.3 Å². The number of aryl methyl sites for hydroxylation is 1. The maximum absolute atomic E-state index is 13.0. The molecule has 1 atom stereocenters. The largest absolute Gasteiger partial charge is 0.430 e. The highest BCUT2D eigenvalue weighted by Gasteiger charge is 2.32. The molecule has 0 spiro atoms. The van der Waals surface area contributed by atoms with Gasteiger partial charge in [0, 0.05) is 11.3 Å². The molecule has 0 radical (unpaired) electrons. The van der Waals surface area contributed by atoms with E-state index in [1.165, 1.54) is 28.8 Å². The predicted octanol–water partition coefficient (Wildman–Crippen LogP) is 5.23. The molecule has 2 rings (SSSR count). The topological polar surface area (TPSA) is 26.3 Å². The van der Waals surface area contributed by atoms with Crippen LogP contribution in [-0.4, -0.2) is 5.97 Å². The van der Waals surface area contributed by atoms with Crippen LogP contribution in [0.2, 0.25) is 0 Å². The zero-order valence-corrected chi connectivity index (χ0v) is 16.2. The molecule has 1 aromatic rings. The molecular weight excluding hydrogens is 328 g/mol. The van der Waals surface area contributed by atoms with Crippen LogP contribution in [0.1, 0.15) is 68.4 Å². The van der Waals surface area contributed by atoms with Crippen LogP contribution in [0.25, 0.3) is 0 Å². The van der Waals surface area contributed by atoms with Gasteiger partial charge in [-0.15, -0.1) is 30.1 Å². The summed E-state index contributed by atoms with van der Waals surface area (Å²) in [6.45, 7) is 6.01. The fourth-order valence-electron chi connectivity index (χ4n) is 3.29. The van der Waals surface area contributed by atoms with Gasteiger partial charge in [0.2, 0.25) is 0 Å². The lowest BCUT2D eigenvalue weighted by Gasteiger charge is -2.22. The first kappa shape index (κ1) is 19.4. The first-order chi connectivity index (χ1) is 12.0. The van der Waals surface area contributed by atoms with E-state index in [-0.39, 0.29) is 24.2 Å². The van der Waals surface area contributed by atoms with Crippen molar-refractivity contribution in [1.29, 1.82) is 0 Å². The van der Waals surface area contributed by atoms with Gasteiger partial charge < -0.3 is 4.74 Å². The summed E-state index contributed by atoms with van der Waals surface area (Å²) in [6.07, 6.45) is 16.2. The van der Waals surface area contributed by atoms with Crippen LogP contribution in [0.3, 0.4) is 0 Å². The van der Waals surface area contributed by atoms with Crippen molar-refractivity contribution in [2.45, 2.75) is 65.2 Å². The Bertz CT molecular complexity index is 737. The number of hydrogen-bond acceptors (Lipinski definition) is 3. The van der Waals surface area contributed by atoms with Gasteiger partial charge in [-0.2, -0.15) is 0 Å². The standard InChI is InChI=1S/C22H26O2S/c1-6-10-16(5)19(11-7-2)24-22(23)20(15(3)4)21-18-13-9-8-12-17(18)14-25-21/h1-2,14-15,20H,8-13H2,3-5H3/b19-16-. The Balaban J connectivity index is 2.30. The number of carbonyl (C=O) groups is 1. The molecule has 1 aromatic heterocycles. The molecule has 0 saturated carbocycles. The highest BCUT2D eigenvalue weighted by molar-refractivity contribution is 7.10. The zero-order chi connectivity index (χ0) is 18.4. The molecular formula is C22H26O2S. The Hall–Kier alpha value is -1.97. The molecule has 1 unspecified atom stereocenters. The number of ether oxygens (including phenoxy) is 1. The minimum atomic E-state index is -0.252. The average Bonchev–Trinajstić information content (AvgIpc) is 2.98. The third kappa shape index (κ3) is 4.56. The van der Waals surface area contributed by atoms with Crippen LogP contribution < -0.4 is 0 Å². The molecule has 1 aliphatic rings. The first-order valence-corrected chi connectivity index (χ1v) is 9.73. The van der Waals surface area contributed by atoms with Gasteiger partial charge in [-0.25, -0.2) is 0 Å². The van der Waals surface area contributed by atoms with Crippen LogP contribution in [0.5, 0.6) is 0 Å². The number of terminal acetylenes is 2. The normalized spacial score (nSPS) is 15.6. The van der Waals surface area contributed by atoms with Gasteiger partial charge in [0.25, 0.3) is 0 Å². The summed E-state index contributed by atoms with van der Waals surface area (Å²) in [6, 6.07) is 0. The van der Waals surface area contributed by atoms with E-state index in [1.54, 1.807) is 11.3 Å². The van der Waals surface area contributed by atoms with Crippen molar-refractivity contribution in [3.05, 3.63) is 32.7 Å². The molecule has 0 N–H and O–H groups in total. The van der Waals surface area contributed by atoms with E-state index >= 15 is 0 Å². The summed E-state index contributed by atoms with van der Waals surface area (Å²) in [4.78, 5) is 14.2. The molecule has 0 aliphatic heterocycles. The van der Waals surface area contributed by atoms with Crippen molar-refractivity contribution in [2.75, 3.05) is 0 Å². The Kier molecular flexibility index (Phi) is 6.91. The van der Waals surface area contributed by atoms with E-state index in [1.807, 2.05) is 6.92 Å². The molecule has 0 aromatic carbocycles. The molecule has 3 heteroatoms. The van der Waals surface area contributed by atoms with Gasteiger partial charge in [0.05, 0.1) is 12.3 Å². The highest BCUT2D eigenvalue weighted by atomic mass is 32.1. The molecule has 0 bridgehead atoms. The lowest BCUT2D eigenvalue weighted by Crippen LogP contribution is -2.22. The smallest absolute Gasteiger partial charge is 0.319 e. The third-order valence-electron chi connectivity index (χ3n) is 4.67. The Morgan fingerprint density at radius 2 is 1.92 bits per heavy atom. The van der Waals surface area contributed by atoms with E-state index in [0.717, 1.165) is 18.4 Å². The number of rotatable bonds is 6. The van der Waals surface area contributed by atoms with Crippen LogP contribution in [0.15, 0.2) is 16.7 Å². The number of fused-ring (bicyclic) bond motifs is 1. The molecule has 1 heterocycles. The Morgan fingerprint density at radius 3 is 2.56 bits per heavy atom. The van der Waals surface area contributed by atoms with Gasteiger partial charge >= 0.3 is 5.97 Å². The highest BCUT2D eigenvalue weighted by Crippen LogP contribution is 2.39. The fourth-order valence-corrected chi connectivity index (χ4v) is 4.71. The van der Waals surface area contributed by atoms with E-state index in [9.17, 15) is 4.79 Å². The zero-order valence-electron chi connectivity index (χ0n) is 15.4. The second kappa shape index (κ2) is 8.93. The second-order valence-electron chi connectivity index (χ2n) is 6.92. The van der Waals surface area contributed by atoms with Crippen LogP contribution in [0, 0.1) is 30.6 Å². The number of thiophene rings is 1. The van der Waals surface area contributed by atoms with Gasteiger partial charge in [-0.05, 0) is 60.6 Å². The maximum Gasteiger partial charge on any atom is 0.319 e. The van der Waals surface area contributed by atoms with Crippen LogP contribution in [0.4, 0.5) is 0 Å². The molecule has 1 aliphatic carbocycles. The molecule has 0 fully saturated rings. The van der Waals surface area contributed by atoms with Gasteiger partial charge in [-0.1, -0.05) is 19.8 Å². The molecule has 0 amide bonds. The summed E-state index contributed by atoms with van der Waals surface area (Å²) < 4.78 is 5.75. The van der Waals surface area contributed by atoms with Gasteiger partial charge in [0.15, 0.2) is 0 Å². The minimum Gasteiger partial charge on any atom is -0.430 e. The number of esters is 1. The van der Waals surface area contributed by atoms with Gasteiger partial charge in [-0.3, -0.25) is 4.79 Å². The lowest BCUT2D eigenvalue weighted by molar-refractivity contribution is -0.142. The van der Waals surface area contributed by atoms with Crippen LogP contribution >= 0.6 is 11.3 Å². The van der Waals surface area contributed by atoms with Crippen molar-refractivity contribution in [1.82, 2.24) is 0 Å². The summed E-state index contributed by atoms with van der Waals surface area (Å²) >= 11 is 1.70. The van der Waals surface area contributed by atoms with Crippen molar-refractivity contribution in [3.8, 4) is 24.7 Å². The van der Waals surface area contributed by atoms with E-state index in [4.69, 9.17) is 17.6 Å². The van der Waals surface area contributed by atoms with Gasteiger partial charge in [0.1, 0.15) is 5.76 Å². The summed E-state index contributed by atoms with van der Waals surface area (Å²) in [5.41, 5.74) is 3.63. The SMILES string of the molecule is C#CC/C(C)=C(/CC#C)OC(=O)C(c1scc2c1CCCC2)C(C)C. The Morgan fingerprint density at radius 1 is 1.24 bits per heavy atom. The number of carbonyl (C=O) groups excluding carboxylic acids is 1. The maximum atomic E-state index is 13.0. The molecule has 132 valence electrons. The first-order valence-electron chi connectivity index (χ1n) is 8.85. The van der Waals surface area contributed by atoms with E-state index < -0.39 is 0 Å². The molecule has 0 saturated heterocycles.